The monoisotopic (exact) mass is 399 g/mol. The van der Waals surface area contributed by atoms with Crippen LogP contribution in [0.15, 0.2) is 30.3 Å². The van der Waals surface area contributed by atoms with Gasteiger partial charge in [-0.1, -0.05) is 30.3 Å². The molecule has 0 N–H and O–H groups in total. The number of rotatable bonds is 6. The third kappa shape index (κ3) is 7.78. The maximum atomic E-state index is 13.0. The van der Waals surface area contributed by atoms with Gasteiger partial charge in [0.25, 0.3) is 0 Å². The normalized spacial score (nSPS) is 14.5. The molecular formula is C18H23F6NO2. The van der Waals surface area contributed by atoms with Crippen molar-refractivity contribution < 1.29 is 35.9 Å². The highest BCUT2D eigenvalue weighted by molar-refractivity contribution is 5.76. The van der Waals surface area contributed by atoms with Gasteiger partial charge in [-0.25, -0.2) is 0 Å². The van der Waals surface area contributed by atoms with Crippen molar-refractivity contribution in [3.8, 4) is 0 Å². The number of carbonyl (C=O) groups is 1. The van der Waals surface area contributed by atoms with Gasteiger partial charge < -0.3 is 4.74 Å². The van der Waals surface area contributed by atoms with Gasteiger partial charge in [-0.05, 0) is 39.8 Å². The Labute approximate surface area is 154 Å². The Balaban J connectivity index is 3.14. The Kier molecular flexibility index (Phi) is 7.32. The second-order valence-corrected chi connectivity index (χ2v) is 7.32. The third-order valence-corrected chi connectivity index (χ3v) is 3.73. The lowest BCUT2D eigenvalue weighted by Crippen LogP contribution is -2.48. The van der Waals surface area contributed by atoms with Crippen molar-refractivity contribution >= 4 is 5.97 Å². The van der Waals surface area contributed by atoms with Crippen LogP contribution < -0.4 is 0 Å². The van der Waals surface area contributed by atoms with Crippen LogP contribution in [-0.4, -0.2) is 41.9 Å². The molecule has 9 heteroatoms. The minimum Gasteiger partial charge on any atom is -0.459 e. The Bertz CT molecular complexity index is 593. The van der Waals surface area contributed by atoms with Gasteiger partial charge in [-0.15, -0.1) is 0 Å². The number of carbonyl (C=O) groups excluding carboxylic acids is 1. The highest BCUT2D eigenvalue weighted by atomic mass is 19.4. The summed E-state index contributed by atoms with van der Waals surface area (Å²) < 4.78 is 82.9. The molecule has 0 radical (unpaired) electrons. The van der Waals surface area contributed by atoms with E-state index in [1.54, 1.807) is 30.3 Å². The van der Waals surface area contributed by atoms with Crippen molar-refractivity contribution in [2.24, 2.45) is 5.92 Å². The molecule has 1 aromatic carbocycles. The molecule has 0 heterocycles. The second-order valence-electron chi connectivity index (χ2n) is 7.32. The molecule has 154 valence electrons. The summed E-state index contributed by atoms with van der Waals surface area (Å²) in [6.45, 7) is 4.46. The van der Waals surface area contributed by atoms with E-state index >= 15 is 0 Å². The summed E-state index contributed by atoms with van der Waals surface area (Å²) in [6.07, 6.45) is -12.5. The van der Waals surface area contributed by atoms with Crippen molar-refractivity contribution in [1.82, 2.24) is 4.90 Å². The Morgan fingerprint density at radius 3 is 1.89 bits per heavy atom. The van der Waals surface area contributed by atoms with Gasteiger partial charge >= 0.3 is 18.3 Å². The van der Waals surface area contributed by atoms with Crippen molar-refractivity contribution in [2.45, 2.75) is 57.7 Å². The number of ether oxygens (including phenoxy) is 1. The molecule has 0 saturated carbocycles. The molecule has 1 rings (SSSR count). The second kappa shape index (κ2) is 8.50. The van der Waals surface area contributed by atoms with Gasteiger partial charge in [0.1, 0.15) is 11.6 Å². The minimum atomic E-state index is -5.52. The van der Waals surface area contributed by atoms with Crippen molar-refractivity contribution in [3.05, 3.63) is 35.9 Å². The zero-order valence-corrected chi connectivity index (χ0v) is 15.5. The molecule has 0 aliphatic carbocycles. The Morgan fingerprint density at radius 2 is 1.48 bits per heavy atom. The number of alkyl halides is 6. The van der Waals surface area contributed by atoms with E-state index in [1.165, 1.54) is 27.8 Å². The summed E-state index contributed by atoms with van der Waals surface area (Å²) in [7, 11) is 1.30. The van der Waals surface area contributed by atoms with Crippen LogP contribution in [0.2, 0.25) is 0 Å². The largest absolute Gasteiger partial charge is 0.459 e. The quantitative estimate of drug-likeness (QED) is 0.500. The van der Waals surface area contributed by atoms with Crippen LogP contribution in [0.4, 0.5) is 26.3 Å². The van der Waals surface area contributed by atoms with Crippen LogP contribution in [0.25, 0.3) is 0 Å². The van der Waals surface area contributed by atoms with E-state index in [9.17, 15) is 31.1 Å². The van der Waals surface area contributed by atoms with Gasteiger partial charge in [0.15, 0.2) is 5.92 Å². The van der Waals surface area contributed by atoms with E-state index in [0.717, 1.165) is 4.90 Å². The first kappa shape index (κ1) is 23.3. The molecule has 0 amide bonds. The lowest BCUT2D eigenvalue weighted by Gasteiger charge is -2.33. The molecule has 0 bridgehead atoms. The van der Waals surface area contributed by atoms with E-state index in [2.05, 4.69) is 0 Å². The van der Waals surface area contributed by atoms with Crippen LogP contribution in [0, 0.1) is 5.92 Å². The molecule has 0 spiro atoms. The number of esters is 1. The molecule has 1 atom stereocenters. The van der Waals surface area contributed by atoms with Crippen molar-refractivity contribution in [1.29, 1.82) is 0 Å². The summed E-state index contributed by atoms with van der Waals surface area (Å²) in [5.74, 6) is -4.75. The van der Waals surface area contributed by atoms with Crippen molar-refractivity contribution in [3.63, 3.8) is 0 Å². The summed E-state index contributed by atoms with van der Waals surface area (Å²) in [4.78, 5) is 13.5. The molecule has 0 unspecified atom stereocenters. The number of hydrogen-bond donors (Lipinski definition) is 0. The number of nitrogens with zero attached hydrogens (tertiary/aromatic N) is 1. The van der Waals surface area contributed by atoms with Gasteiger partial charge in [-0.3, -0.25) is 9.69 Å². The predicted molar refractivity (Wildman–Crippen MR) is 87.8 cm³/mol. The smallest absolute Gasteiger partial charge is 0.400 e. The lowest BCUT2D eigenvalue weighted by atomic mass is 9.97. The molecular weight excluding hydrogens is 376 g/mol. The third-order valence-electron chi connectivity index (χ3n) is 3.73. The summed E-state index contributed by atoms with van der Waals surface area (Å²) in [5.41, 5.74) is -0.404. The number of hydrogen-bond acceptors (Lipinski definition) is 3. The first-order chi connectivity index (χ1) is 12.1. The fourth-order valence-electron chi connectivity index (χ4n) is 2.48. The maximum Gasteiger partial charge on any atom is 0.400 e. The summed E-state index contributed by atoms with van der Waals surface area (Å²) in [6, 6.07) is 6.69. The van der Waals surface area contributed by atoms with Gasteiger partial charge in [0.05, 0.1) is 0 Å². The molecule has 0 saturated heterocycles. The highest BCUT2D eigenvalue weighted by Gasteiger charge is 2.58. The molecule has 0 aromatic heterocycles. The van der Waals surface area contributed by atoms with Crippen LogP contribution in [0.1, 0.15) is 32.8 Å². The number of halogens is 6. The van der Waals surface area contributed by atoms with Gasteiger partial charge in [0.2, 0.25) is 0 Å². The van der Waals surface area contributed by atoms with E-state index < -0.39 is 42.3 Å². The predicted octanol–water partition coefficient (Wildman–Crippen LogP) is 4.96. The van der Waals surface area contributed by atoms with E-state index in [0.29, 0.717) is 5.56 Å². The number of benzene rings is 1. The first-order valence-electron chi connectivity index (χ1n) is 8.21. The van der Waals surface area contributed by atoms with Gasteiger partial charge in [0, 0.05) is 6.54 Å². The minimum absolute atomic E-state index is 0.00676. The molecule has 3 nitrogen and oxygen atoms in total. The molecule has 0 aliphatic rings. The highest BCUT2D eigenvalue weighted by Crippen LogP contribution is 2.42. The van der Waals surface area contributed by atoms with Gasteiger partial charge in [-0.2, -0.15) is 26.3 Å². The lowest BCUT2D eigenvalue weighted by molar-refractivity contribution is -0.288. The zero-order valence-electron chi connectivity index (χ0n) is 15.5. The van der Waals surface area contributed by atoms with E-state index in [4.69, 9.17) is 4.74 Å². The average molecular weight is 399 g/mol. The zero-order chi connectivity index (χ0) is 21.0. The SMILES string of the molecule is CN(Cc1ccccc1)[C@@H](CC(C(F)(F)F)C(F)(F)F)C(=O)OC(C)(C)C. The fraction of sp³-hybridized carbons (Fsp3) is 0.611. The van der Waals surface area contributed by atoms with E-state index in [-0.39, 0.29) is 6.54 Å². The molecule has 0 aliphatic heterocycles. The molecule has 0 fully saturated rings. The Morgan fingerprint density at radius 1 is 1.00 bits per heavy atom. The van der Waals surface area contributed by atoms with E-state index in [1.807, 2.05) is 0 Å². The average Bonchev–Trinajstić information content (AvgIpc) is 2.43. The molecule has 27 heavy (non-hydrogen) atoms. The topological polar surface area (TPSA) is 29.5 Å². The standard InChI is InChI=1S/C18H23F6NO2/c1-16(2,3)27-15(26)13(10-14(17(19,20)21)18(22,23)24)25(4)11-12-8-6-5-7-9-12/h5-9,13-14H,10-11H2,1-4H3/t13-/m0/s1. The van der Waals surface area contributed by atoms with Crippen LogP contribution in [-0.2, 0) is 16.1 Å². The summed E-state index contributed by atoms with van der Waals surface area (Å²) >= 11 is 0. The first-order valence-corrected chi connectivity index (χ1v) is 8.21. The number of likely N-dealkylation sites (N-methyl/N-ethyl adjacent to an activating group) is 1. The van der Waals surface area contributed by atoms with Crippen LogP contribution in [0.3, 0.4) is 0 Å². The van der Waals surface area contributed by atoms with Crippen LogP contribution in [0.5, 0.6) is 0 Å². The van der Waals surface area contributed by atoms with Crippen LogP contribution >= 0.6 is 0 Å². The molecule has 1 aromatic rings. The summed E-state index contributed by atoms with van der Waals surface area (Å²) in [5, 5.41) is 0. The van der Waals surface area contributed by atoms with Crippen molar-refractivity contribution in [2.75, 3.05) is 7.05 Å². The Hall–Kier alpha value is -1.77. The fourth-order valence-corrected chi connectivity index (χ4v) is 2.48. The maximum absolute atomic E-state index is 13.0.